The molecule has 0 fully saturated rings. The Balaban J connectivity index is 1.76. The largest absolute Gasteiger partial charge is 0.394 e. The van der Waals surface area contributed by atoms with E-state index >= 15 is 0 Å². The van der Waals surface area contributed by atoms with Gasteiger partial charge in [0.1, 0.15) is 0 Å². The lowest BCUT2D eigenvalue weighted by Crippen LogP contribution is -2.48. The summed E-state index contributed by atoms with van der Waals surface area (Å²) in [7, 11) is 1.72. The number of aryl methyl sites for hydroxylation is 1. The van der Waals surface area contributed by atoms with Gasteiger partial charge in [0.15, 0.2) is 0 Å². The van der Waals surface area contributed by atoms with Gasteiger partial charge in [0, 0.05) is 44.7 Å². The van der Waals surface area contributed by atoms with Crippen molar-refractivity contribution in [2.75, 3.05) is 32.1 Å². The van der Waals surface area contributed by atoms with Crippen molar-refractivity contribution in [3.05, 3.63) is 42.2 Å². The van der Waals surface area contributed by atoms with Gasteiger partial charge < -0.3 is 25.0 Å². The van der Waals surface area contributed by atoms with Crippen LogP contribution in [0.15, 0.2) is 36.5 Å². The van der Waals surface area contributed by atoms with Crippen LogP contribution in [0.4, 0.5) is 10.5 Å². The molecule has 2 aromatic rings. The monoisotopic (exact) mass is 458 g/mol. The van der Waals surface area contributed by atoms with Crippen LogP contribution in [0.3, 0.4) is 0 Å². The molecular formula is C23H34N6O4. The third-order valence-electron chi connectivity index (χ3n) is 5.97. The molecule has 2 heterocycles. The highest BCUT2D eigenvalue weighted by Crippen LogP contribution is 2.18. The van der Waals surface area contributed by atoms with Gasteiger partial charge in [-0.15, -0.1) is 5.10 Å². The Hall–Kier alpha value is -2.98. The molecule has 3 atom stereocenters. The molecule has 10 heteroatoms. The van der Waals surface area contributed by atoms with Gasteiger partial charge in [-0.3, -0.25) is 4.79 Å². The molecule has 10 nitrogen and oxygen atoms in total. The number of nitrogens with one attached hydrogen (secondary N) is 1. The molecule has 1 aromatic heterocycles. The molecule has 33 heavy (non-hydrogen) atoms. The van der Waals surface area contributed by atoms with Crippen LogP contribution in [0.5, 0.6) is 0 Å². The number of carbonyl (C=O) groups is 2. The van der Waals surface area contributed by atoms with Crippen LogP contribution >= 0.6 is 0 Å². The van der Waals surface area contributed by atoms with Crippen molar-refractivity contribution in [1.82, 2.24) is 24.8 Å². The second kappa shape index (κ2) is 11.8. The number of hydrogen-bond donors (Lipinski definition) is 2. The van der Waals surface area contributed by atoms with E-state index in [0.29, 0.717) is 44.8 Å². The molecule has 0 unspecified atom stereocenters. The summed E-state index contributed by atoms with van der Waals surface area (Å²) < 4.78 is 8.01. The average Bonchev–Trinajstić information content (AvgIpc) is 3.26. The zero-order valence-corrected chi connectivity index (χ0v) is 19.6. The van der Waals surface area contributed by atoms with Gasteiger partial charge in [0.05, 0.1) is 37.3 Å². The smallest absolute Gasteiger partial charge is 0.321 e. The number of amides is 3. The first-order valence-corrected chi connectivity index (χ1v) is 11.4. The molecule has 1 aliphatic heterocycles. The average molecular weight is 459 g/mol. The van der Waals surface area contributed by atoms with Gasteiger partial charge >= 0.3 is 6.03 Å². The summed E-state index contributed by atoms with van der Waals surface area (Å²) in [6.45, 7) is 5.34. The summed E-state index contributed by atoms with van der Waals surface area (Å²) in [5, 5.41) is 20.7. The van der Waals surface area contributed by atoms with E-state index in [1.165, 1.54) is 0 Å². The van der Waals surface area contributed by atoms with E-state index in [1.54, 1.807) is 27.7 Å². The van der Waals surface area contributed by atoms with Gasteiger partial charge in [0.2, 0.25) is 5.91 Å². The number of benzene rings is 1. The van der Waals surface area contributed by atoms with Crippen LogP contribution in [0, 0.1) is 5.92 Å². The second-order valence-electron chi connectivity index (χ2n) is 8.63. The molecule has 0 saturated carbocycles. The molecule has 1 aliphatic rings. The van der Waals surface area contributed by atoms with Crippen molar-refractivity contribution in [3.63, 3.8) is 0 Å². The molecule has 0 radical (unpaired) electrons. The van der Waals surface area contributed by atoms with Crippen molar-refractivity contribution in [2.24, 2.45) is 5.92 Å². The lowest BCUT2D eigenvalue weighted by molar-refractivity contribution is -0.136. The zero-order valence-electron chi connectivity index (χ0n) is 19.6. The highest BCUT2D eigenvalue weighted by Gasteiger charge is 2.29. The molecule has 0 bridgehead atoms. The molecule has 1 aromatic carbocycles. The lowest BCUT2D eigenvalue weighted by Gasteiger charge is -2.35. The fraction of sp³-hybridized carbons (Fsp3) is 0.565. The van der Waals surface area contributed by atoms with Gasteiger partial charge in [-0.05, 0) is 25.5 Å². The van der Waals surface area contributed by atoms with Crippen LogP contribution < -0.4 is 5.32 Å². The number of hydrogen-bond acceptors (Lipinski definition) is 6. The van der Waals surface area contributed by atoms with E-state index in [2.05, 4.69) is 15.6 Å². The number of nitrogens with zero attached hydrogens (tertiary/aromatic N) is 5. The minimum atomic E-state index is -0.347. The topological polar surface area (TPSA) is 113 Å². The van der Waals surface area contributed by atoms with E-state index in [9.17, 15) is 14.7 Å². The molecule has 3 rings (SSSR count). The summed E-state index contributed by atoms with van der Waals surface area (Å²) in [4.78, 5) is 29.0. The summed E-state index contributed by atoms with van der Waals surface area (Å²) in [5.41, 5.74) is 1.54. The molecule has 3 amide bonds. The standard InChI is InChI=1S/C23H34N6O4/c1-17-13-28(18(2)15-30)22(31)10-7-11-29-20(12-24-26-29)16-33-21(17)14-27(3)23(32)25-19-8-5-4-6-9-19/h4-6,8-9,12,17-18,21,30H,7,10-11,13-16H2,1-3H3,(H,25,32)/t17-,18+,21-/m0/s1. The van der Waals surface area contributed by atoms with Crippen molar-refractivity contribution in [1.29, 1.82) is 0 Å². The zero-order chi connectivity index (χ0) is 23.8. The second-order valence-corrected chi connectivity index (χ2v) is 8.63. The van der Waals surface area contributed by atoms with Crippen LogP contribution in [-0.2, 0) is 22.7 Å². The minimum Gasteiger partial charge on any atom is -0.394 e. The Morgan fingerprint density at radius 1 is 1.36 bits per heavy atom. The number of carbonyl (C=O) groups excluding carboxylic acids is 2. The van der Waals surface area contributed by atoms with Gasteiger partial charge in [-0.2, -0.15) is 0 Å². The summed E-state index contributed by atoms with van der Waals surface area (Å²) in [5.74, 6) is -0.0988. The van der Waals surface area contributed by atoms with Crippen molar-refractivity contribution in [2.45, 2.75) is 52.0 Å². The summed E-state index contributed by atoms with van der Waals surface area (Å²) in [6.07, 6.45) is 2.31. The van der Waals surface area contributed by atoms with E-state index in [1.807, 2.05) is 44.2 Å². The van der Waals surface area contributed by atoms with Crippen molar-refractivity contribution >= 4 is 17.6 Å². The number of likely N-dealkylation sites (N-methyl/N-ethyl adjacent to an activating group) is 1. The molecule has 0 aliphatic carbocycles. The minimum absolute atomic E-state index is 0.0143. The quantitative estimate of drug-likeness (QED) is 0.708. The lowest BCUT2D eigenvalue weighted by atomic mass is 10.0. The number of aromatic nitrogens is 3. The summed E-state index contributed by atoms with van der Waals surface area (Å²) >= 11 is 0. The highest BCUT2D eigenvalue weighted by atomic mass is 16.5. The molecular weight excluding hydrogens is 424 g/mol. The number of para-hydroxylation sites is 1. The predicted molar refractivity (Wildman–Crippen MR) is 123 cm³/mol. The van der Waals surface area contributed by atoms with Crippen LogP contribution in [0.1, 0.15) is 32.4 Å². The number of anilines is 1. The van der Waals surface area contributed by atoms with E-state index in [-0.39, 0.29) is 36.6 Å². The number of ether oxygens (including phenoxy) is 1. The summed E-state index contributed by atoms with van der Waals surface area (Å²) in [6, 6.07) is 8.72. The van der Waals surface area contributed by atoms with Gasteiger partial charge in [-0.25, -0.2) is 9.48 Å². The van der Waals surface area contributed by atoms with Crippen molar-refractivity contribution in [3.8, 4) is 0 Å². The number of aliphatic hydroxyl groups excluding tert-OH is 1. The maximum absolute atomic E-state index is 12.9. The van der Waals surface area contributed by atoms with Gasteiger partial charge in [0.25, 0.3) is 0 Å². The first-order chi connectivity index (χ1) is 15.9. The first-order valence-electron chi connectivity index (χ1n) is 11.4. The fourth-order valence-electron chi connectivity index (χ4n) is 3.84. The number of aliphatic hydroxyl groups is 1. The first kappa shape index (κ1) is 24.7. The Morgan fingerprint density at radius 3 is 2.85 bits per heavy atom. The van der Waals surface area contributed by atoms with Crippen LogP contribution in [0.25, 0.3) is 0 Å². The van der Waals surface area contributed by atoms with Crippen LogP contribution in [0.2, 0.25) is 0 Å². The normalized spacial score (nSPS) is 20.8. The number of urea groups is 1. The Labute approximate surface area is 194 Å². The van der Waals surface area contributed by atoms with Crippen LogP contribution in [-0.4, -0.2) is 80.7 Å². The maximum atomic E-state index is 12.9. The van der Waals surface area contributed by atoms with Gasteiger partial charge in [-0.1, -0.05) is 30.3 Å². The van der Waals surface area contributed by atoms with E-state index < -0.39 is 0 Å². The van der Waals surface area contributed by atoms with Crippen molar-refractivity contribution < 1.29 is 19.4 Å². The van der Waals surface area contributed by atoms with E-state index in [4.69, 9.17) is 4.74 Å². The fourth-order valence-corrected chi connectivity index (χ4v) is 3.84. The molecule has 0 spiro atoms. The Kier molecular flexibility index (Phi) is 8.79. The maximum Gasteiger partial charge on any atom is 0.321 e. The molecule has 180 valence electrons. The number of fused-ring (bicyclic) bond motifs is 1. The number of rotatable bonds is 5. The Morgan fingerprint density at radius 2 is 2.12 bits per heavy atom. The molecule has 0 saturated heterocycles. The Bertz CT molecular complexity index is 905. The predicted octanol–water partition coefficient (Wildman–Crippen LogP) is 1.97. The third kappa shape index (κ3) is 6.75. The SMILES string of the molecule is C[C@H](CO)N1C[C@H](C)[C@H](CN(C)C(=O)Nc2ccccc2)OCc2cnnn2CCCC1=O. The van der Waals surface area contributed by atoms with E-state index in [0.717, 1.165) is 5.69 Å². The third-order valence-corrected chi connectivity index (χ3v) is 5.97. The highest BCUT2D eigenvalue weighted by molar-refractivity contribution is 5.89. The molecule has 2 N–H and O–H groups in total.